The van der Waals surface area contributed by atoms with E-state index in [0.717, 1.165) is 29.3 Å². The van der Waals surface area contributed by atoms with Crippen molar-refractivity contribution in [2.24, 2.45) is 17.8 Å². The van der Waals surface area contributed by atoms with Crippen molar-refractivity contribution in [1.82, 2.24) is 5.32 Å². The van der Waals surface area contributed by atoms with Crippen molar-refractivity contribution in [1.29, 1.82) is 0 Å². The molecule has 0 radical (unpaired) electrons. The van der Waals surface area contributed by atoms with E-state index >= 15 is 0 Å². The summed E-state index contributed by atoms with van der Waals surface area (Å²) in [5.74, 6) is 2.77. The van der Waals surface area contributed by atoms with Crippen molar-refractivity contribution < 1.29 is 0 Å². The summed E-state index contributed by atoms with van der Waals surface area (Å²) >= 11 is 6.34. The largest absolute Gasteiger partial charge is 0.310 e. The van der Waals surface area contributed by atoms with E-state index in [1.807, 2.05) is 12.1 Å². The monoisotopic (exact) mass is 249 g/mol. The summed E-state index contributed by atoms with van der Waals surface area (Å²) in [7, 11) is 0. The van der Waals surface area contributed by atoms with Crippen LogP contribution in [0, 0.1) is 17.8 Å². The summed E-state index contributed by atoms with van der Waals surface area (Å²) in [6.07, 6.45) is 4.30. The van der Waals surface area contributed by atoms with Crippen LogP contribution < -0.4 is 5.32 Å². The quantitative estimate of drug-likeness (QED) is 0.849. The maximum absolute atomic E-state index is 6.34. The van der Waals surface area contributed by atoms with E-state index in [-0.39, 0.29) is 0 Å². The molecule has 0 aliphatic heterocycles. The fraction of sp³-hybridized carbons (Fsp3) is 0.600. The van der Waals surface area contributed by atoms with Crippen LogP contribution in [-0.4, -0.2) is 6.54 Å². The van der Waals surface area contributed by atoms with E-state index < -0.39 is 0 Å². The zero-order chi connectivity index (χ0) is 11.8. The molecule has 3 rings (SSSR count). The molecular formula is C15H20ClN. The van der Waals surface area contributed by atoms with Gasteiger partial charge in [0.2, 0.25) is 0 Å². The van der Waals surface area contributed by atoms with Gasteiger partial charge < -0.3 is 5.32 Å². The number of rotatable bonds is 4. The molecule has 3 unspecified atom stereocenters. The first-order chi connectivity index (χ1) is 8.33. The third-order valence-electron chi connectivity index (χ3n) is 4.52. The van der Waals surface area contributed by atoms with Crippen LogP contribution in [-0.2, 0) is 0 Å². The predicted octanol–water partition coefficient (Wildman–Crippen LogP) is 4.04. The number of hydrogen-bond acceptors (Lipinski definition) is 1. The van der Waals surface area contributed by atoms with Crippen molar-refractivity contribution in [3.63, 3.8) is 0 Å². The first kappa shape index (κ1) is 11.6. The molecule has 0 aromatic heterocycles. The molecule has 0 spiro atoms. The lowest BCUT2D eigenvalue weighted by atomic mass is 9.97. The Morgan fingerprint density at radius 1 is 1.29 bits per heavy atom. The van der Waals surface area contributed by atoms with E-state index in [0.29, 0.717) is 6.04 Å². The van der Waals surface area contributed by atoms with E-state index in [1.165, 1.54) is 24.8 Å². The molecule has 1 aromatic rings. The second-order valence-corrected chi connectivity index (χ2v) is 5.80. The number of nitrogens with one attached hydrogen (secondary N) is 1. The maximum atomic E-state index is 6.34. The normalized spacial score (nSPS) is 32.2. The van der Waals surface area contributed by atoms with E-state index in [4.69, 9.17) is 11.6 Å². The third-order valence-corrected chi connectivity index (χ3v) is 4.87. The molecule has 1 aromatic carbocycles. The summed E-state index contributed by atoms with van der Waals surface area (Å²) < 4.78 is 0. The SMILES string of the molecule is CCNC(c1ccccc1Cl)C1C2CCCC21. The van der Waals surface area contributed by atoms with Gasteiger partial charge in [0.1, 0.15) is 0 Å². The molecule has 17 heavy (non-hydrogen) atoms. The Hall–Kier alpha value is -0.530. The van der Waals surface area contributed by atoms with Crippen molar-refractivity contribution in [3.05, 3.63) is 34.9 Å². The van der Waals surface area contributed by atoms with Crippen LogP contribution >= 0.6 is 11.6 Å². The van der Waals surface area contributed by atoms with Gasteiger partial charge in [-0.05, 0) is 48.8 Å². The molecule has 1 N–H and O–H groups in total. The van der Waals surface area contributed by atoms with Gasteiger partial charge in [-0.3, -0.25) is 0 Å². The third kappa shape index (κ3) is 2.00. The van der Waals surface area contributed by atoms with Crippen LogP contribution in [0.1, 0.15) is 37.8 Å². The van der Waals surface area contributed by atoms with E-state index in [1.54, 1.807) is 0 Å². The van der Waals surface area contributed by atoms with E-state index in [9.17, 15) is 0 Å². The van der Waals surface area contributed by atoms with Crippen LogP contribution in [0.4, 0.5) is 0 Å². The lowest BCUT2D eigenvalue weighted by Gasteiger charge is -2.21. The predicted molar refractivity (Wildman–Crippen MR) is 72.2 cm³/mol. The van der Waals surface area contributed by atoms with Gasteiger partial charge in [-0.2, -0.15) is 0 Å². The zero-order valence-electron chi connectivity index (χ0n) is 10.3. The Labute approximate surface area is 109 Å². The highest BCUT2D eigenvalue weighted by Crippen LogP contribution is 2.62. The van der Waals surface area contributed by atoms with Gasteiger partial charge in [0.15, 0.2) is 0 Å². The summed E-state index contributed by atoms with van der Waals surface area (Å²) in [5.41, 5.74) is 1.30. The zero-order valence-corrected chi connectivity index (χ0v) is 11.1. The van der Waals surface area contributed by atoms with Gasteiger partial charge in [-0.25, -0.2) is 0 Å². The molecular weight excluding hydrogens is 230 g/mol. The number of halogens is 1. The van der Waals surface area contributed by atoms with Gasteiger partial charge in [0.05, 0.1) is 0 Å². The lowest BCUT2D eigenvalue weighted by molar-refractivity contribution is 0.426. The van der Waals surface area contributed by atoms with Crippen LogP contribution in [0.15, 0.2) is 24.3 Å². The van der Waals surface area contributed by atoms with Crippen molar-refractivity contribution in [3.8, 4) is 0 Å². The highest BCUT2D eigenvalue weighted by Gasteiger charge is 2.56. The molecule has 2 aliphatic rings. The van der Waals surface area contributed by atoms with E-state index in [2.05, 4.69) is 24.4 Å². The van der Waals surface area contributed by atoms with Gasteiger partial charge in [-0.1, -0.05) is 43.1 Å². The first-order valence-electron chi connectivity index (χ1n) is 6.80. The summed E-state index contributed by atoms with van der Waals surface area (Å²) in [6.45, 7) is 3.20. The lowest BCUT2D eigenvalue weighted by Crippen LogP contribution is -2.24. The average Bonchev–Trinajstić information content (AvgIpc) is 2.81. The Morgan fingerprint density at radius 2 is 2.00 bits per heavy atom. The molecule has 0 bridgehead atoms. The molecule has 3 atom stereocenters. The Morgan fingerprint density at radius 3 is 2.65 bits per heavy atom. The Balaban J connectivity index is 1.83. The number of hydrogen-bond donors (Lipinski definition) is 1. The minimum atomic E-state index is 0.476. The highest BCUT2D eigenvalue weighted by atomic mass is 35.5. The molecule has 0 heterocycles. The van der Waals surface area contributed by atoms with Crippen LogP contribution in [0.2, 0.25) is 5.02 Å². The molecule has 2 fully saturated rings. The van der Waals surface area contributed by atoms with Gasteiger partial charge in [-0.15, -0.1) is 0 Å². The van der Waals surface area contributed by atoms with Crippen LogP contribution in [0.25, 0.3) is 0 Å². The van der Waals surface area contributed by atoms with Gasteiger partial charge in [0.25, 0.3) is 0 Å². The smallest absolute Gasteiger partial charge is 0.0453 e. The summed E-state index contributed by atoms with van der Waals surface area (Å²) in [6, 6.07) is 8.79. The minimum Gasteiger partial charge on any atom is -0.310 e. The average molecular weight is 250 g/mol. The summed E-state index contributed by atoms with van der Waals surface area (Å²) in [5, 5.41) is 4.57. The summed E-state index contributed by atoms with van der Waals surface area (Å²) in [4.78, 5) is 0. The van der Waals surface area contributed by atoms with Gasteiger partial charge in [0, 0.05) is 11.1 Å². The number of fused-ring (bicyclic) bond motifs is 1. The molecule has 92 valence electrons. The fourth-order valence-corrected chi connectivity index (χ4v) is 4.03. The Bertz CT molecular complexity index is 394. The van der Waals surface area contributed by atoms with Crippen LogP contribution in [0.5, 0.6) is 0 Å². The highest BCUT2D eigenvalue weighted by molar-refractivity contribution is 6.31. The molecule has 2 aliphatic carbocycles. The van der Waals surface area contributed by atoms with Crippen molar-refractivity contribution >= 4 is 11.6 Å². The topological polar surface area (TPSA) is 12.0 Å². The van der Waals surface area contributed by atoms with Gasteiger partial charge >= 0.3 is 0 Å². The molecule has 2 saturated carbocycles. The second-order valence-electron chi connectivity index (χ2n) is 5.39. The van der Waals surface area contributed by atoms with Crippen molar-refractivity contribution in [2.45, 2.75) is 32.2 Å². The second kappa shape index (κ2) is 4.62. The minimum absolute atomic E-state index is 0.476. The maximum Gasteiger partial charge on any atom is 0.0453 e. The number of benzene rings is 1. The molecule has 0 saturated heterocycles. The van der Waals surface area contributed by atoms with Crippen molar-refractivity contribution in [2.75, 3.05) is 6.54 Å². The Kier molecular flexibility index (Phi) is 3.14. The molecule has 1 nitrogen and oxygen atoms in total. The standard InChI is InChI=1S/C15H20ClN/c1-2-17-15(12-6-3-4-9-13(12)16)14-10-7-5-8-11(10)14/h3-4,6,9-11,14-15,17H,2,5,7-8H2,1H3. The molecule has 2 heteroatoms. The molecule has 0 amide bonds. The van der Waals surface area contributed by atoms with Crippen LogP contribution in [0.3, 0.4) is 0 Å². The first-order valence-corrected chi connectivity index (χ1v) is 7.18. The fourth-order valence-electron chi connectivity index (χ4n) is 3.77.